The third-order valence-electron chi connectivity index (χ3n) is 7.61. The van der Waals surface area contributed by atoms with Gasteiger partial charge < -0.3 is 31.4 Å². The number of para-hydroxylation sites is 1. The number of hydrogen-bond donors (Lipinski definition) is 6. The number of carboxylic acids is 1. The van der Waals surface area contributed by atoms with E-state index in [0.29, 0.717) is 25.7 Å². The van der Waals surface area contributed by atoms with Crippen molar-refractivity contribution < 1.29 is 33.9 Å². The topological polar surface area (TPSA) is 187 Å². The second-order valence-electron chi connectivity index (χ2n) is 12.1. The van der Waals surface area contributed by atoms with Gasteiger partial charge in [-0.15, -0.1) is 0 Å². The van der Waals surface area contributed by atoms with E-state index in [4.69, 9.17) is 5.11 Å². The lowest BCUT2D eigenvalue weighted by atomic mass is 9.98. The molecule has 0 aliphatic heterocycles. The Balaban J connectivity index is 2.05. The summed E-state index contributed by atoms with van der Waals surface area (Å²) >= 11 is 0. The summed E-state index contributed by atoms with van der Waals surface area (Å²) in [5.74, 6) is -3.85. The number of ketones is 1. The van der Waals surface area contributed by atoms with Gasteiger partial charge in [0.15, 0.2) is 5.78 Å². The quantitative estimate of drug-likeness (QED) is 0.122. The van der Waals surface area contributed by atoms with E-state index in [9.17, 15) is 28.8 Å². The number of nitrogens with one attached hydrogen (secondary N) is 5. The van der Waals surface area contributed by atoms with Gasteiger partial charge >= 0.3 is 5.97 Å². The summed E-state index contributed by atoms with van der Waals surface area (Å²) < 4.78 is 0. The molecule has 1 aromatic heterocycles. The number of Topliss-reactive ketones (excluding diaryl/α,β-unsaturated/α-hetero) is 1. The first-order valence-electron chi connectivity index (χ1n) is 15.8. The maximum absolute atomic E-state index is 13.5. The van der Waals surface area contributed by atoms with Gasteiger partial charge in [0.25, 0.3) is 0 Å². The predicted octanol–water partition coefficient (Wildman–Crippen LogP) is 3.00. The average molecular weight is 628 g/mol. The number of aliphatic carboxylic acids is 1. The number of benzene rings is 1. The van der Waals surface area contributed by atoms with Crippen molar-refractivity contribution in [1.29, 1.82) is 0 Å². The van der Waals surface area contributed by atoms with E-state index in [0.717, 1.165) is 29.3 Å². The highest BCUT2D eigenvalue weighted by molar-refractivity contribution is 5.94. The number of rotatable bonds is 20. The molecule has 4 amide bonds. The van der Waals surface area contributed by atoms with E-state index in [-0.39, 0.29) is 24.7 Å². The number of carbonyl (C=O) groups is 6. The molecule has 0 unspecified atom stereocenters. The number of aromatic amines is 1. The Morgan fingerprint density at radius 1 is 0.844 bits per heavy atom. The highest BCUT2D eigenvalue weighted by Crippen LogP contribution is 2.21. The van der Waals surface area contributed by atoms with E-state index in [1.807, 2.05) is 58.2 Å². The Bertz CT molecular complexity index is 1320. The molecule has 45 heavy (non-hydrogen) atoms. The third kappa shape index (κ3) is 12.7. The van der Waals surface area contributed by atoms with Gasteiger partial charge in [0, 0.05) is 29.4 Å². The number of aromatic nitrogens is 1. The van der Waals surface area contributed by atoms with Crippen molar-refractivity contribution in [3.8, 4) is 0 Å². The van der Waals surface area contributed by atoms with E-state index in [1.54, 1.807) is 0 Å². The molecule has 6 N–H and O–H groups in total. The van der Waals surface area contributed by atoms with Crippen LogP contribution in [0.4, 0.5) is 0 Å². The van der Waals surface area contributed by atoms with Gasteiger partial charge in [-0.1, -0.05) is 65.2 Å². The van der Waals surface area contributed by atoms with Gasteiger partial charge in [0.05, 0.1) is 12.6 Å². The molecule has 0 radical (unpaired) electrons. The van der Waals surface area contributed by atoms with Crippen LogP contribution in [-0.2, 0) is 35.2 Å². The lowest BCUT2D eigenvalue weighted by Gasteiger charge is -2.25. The van der Waals surface area contributed by atoms with E-state index in [1.165, 1.54) is 6.92 Å². The Labute approximate surface area is 264 Å². The fraction of sp³-hybridized carbons (Fsp3) is 0.576. The van der Waals surface area contributed by atoms with Crippen LogP contribution in [0.15, 0.2) is 30.5 Å². The standard InChI is InChI=1S/C33H49N5O7/c1-6-7-8-13-27(37-31(43)21(4)17-23-18-34-26-12-10-9-11-24(23)26)33(45)38-28(16-20(2)3)32(44)35-19-29(40)36-25(22(5)39)14-15-30(41)42/h9-12,18,20-21,25,27-28,34H,6-8,13-17,19H2,1-5H3,(H,35,44)(H,36,40)(H,37,43)(H,38,45)(H,41,42)/t21-,25-,27-,28-/m0/s1. The summed E-state index contributed by atoms with van der Waals surface area (Å²) in [5.41, 5.74) is 2.00. The number of H-pyrrole nitrogens is 1. The number of carbonyl (C=O) groups excluding carboxylic acids is 5. The summed E-state index contributed by atoms with van der Waals surface area (Å²) in [4.78, 5) is 78.2. The van der Waals surface area contributed by atoms with Crippen molar-refractivity contribution in [2.24, 2.45) is 11.8 Å². The van der Waals surface area contributed by atoms with E-state index in [2.05, 4.69) is 26.3 Å². The van der Waals surface area contributed by atoms with Crippen LogP contribution in [0, 0.1) is 11.8 Å². The van der Waals surface area contributed by atoms with Gasteiger partial charge in [0.1, 0.15) is 12.1 Å². The van der Waals surface area contributed by atoms with Crippen LogP contribution in [0.25, 0.3) is 10.9 Å². The minimum Gasteiger partial charge on any atom is -0.481 e. The molecule has 0 saturated carbocycles. The highest BCUT2D eigenvalue weighted by Gasteiger charge is 2.29. The van der Waals surface area contributed by atoms with Crippen LogP contribution in [0.2, 0.25) is 0 Å². The first kappa shape index (κ1) is 37.0. The summed E-state index contributed by atoms with van der Waals surface area (Å²) in [7, 11) is 0. The van der Waals surface area contributed by atoms with Crippen LogP contribution < -0.4 is 21.3 Å². The highest BCUT2D eigenvalue weighted by atomic mass is 16.4. The summed E-state index contributed by atoms with van der Waals surface area (Å²) in [6.45, 7) is 8.44. The lowest BCUT2D eigenvalue weighted by molar-refractivity contribution is -0.137. The predicted molar refractivity (Wildman–Crippen MR) is 171 cm³/mol. The Morgan fingerprint density at radius 2 is 1.53 bits per heavy atom. The molecule has 0 bridgehead atoms. The zero-order valence-electron chi connectivity index (χ0n) is 27.0. The van der Waals surface area contributed by atoms with E-state index < -0.39 is 60.1 Å². The molecule has 1 heterocycles. The summed E-state index contributed by atoms with van der Waals surface area (Å²) in [5, 5.41) is 20.6. The number of amides is 4. The second kappa shape index (κ2) is 18.6. The fourth-order valence-corrected chi connectivity index (χ4v) is 5.06. The van der Waals surface area contributed by atoms with Crippen LogP contribution >= 0.6 is 0 Å². The molecular formula is C33H49N5O7. The zero-order chi connectivity index (χ0) is 33.5. The van der Waals surface area contributed by atoms with Gasteiger partial charge in [-0.25, -0.2) is 0 Å². The van der Waals surface area contributed by atoms with Crippen molar-refractivity contribution in [3.63, 3.8) is 0 Å². The van der Waals surface area contributed by atoms with Crippen molar-refractivity contribution in [1.82, 2.24) is 26.3 Å². The molecule has 12 nitrogen and oxygen atoms in total. The van der Waals surface area contributed by atoms with Gasteiger partial charge in [-0.05, 0) is 50.2 Å². The molecule has 2 rings (SSSR count). The largest absolute Gasteiger partial charge is 0.481 e. The Hall–Kier alpha value is -4.22. The van der Waals surface area contributed by atoms with Gasteiger partial charge in [0.2, 0.25) is 23.6 Å². The SMILES string of the molecule is CCCCC[C@H](NC(=O)[C@@H](C)Cc1c[nH]c2ccccc12)C(=O)N[C@@H](CC(C)C)C(=O)NCC(=O)N[C@@H](CCC(=O)O)C(C)=O. The normalized spacial score (nSPS) is 13.8. The number of fused-ring (bicyclic) bond motifs is 1. The first-order valence-corrected chi connectivity index (χ1v) is 15.8. The van der Waals surface area contributed by atoms with Crippen LogP contribution in [0.5, 0.6) is 0 Å². The van der Waals surface area contributed by atoms with Crippen molar-refractivity contribution in [3.05, 3.63) is 36.0 Å². The Kier molecular flexibility index (Phi) is 15.2. The smallest absolute Gasteiger partial charge is 0.303 e. The first-order chi connectivity index (χ1) is 21.3. The molecule has 1 aromatic carbocycles. The van der Waals surface area contributed by atoms with Crippen molar-refractivity contribution >= 4 is 46.3 Å². The average Bonchev–Trinajstić information content (AvgIpc) is 3.39. The summed E-state index contributed by atoms with van der Waals surface area (Å²) in [6.07, 6.45) is 5.24. The maximum atomic E-state index is 13.5. The zero-order valence-corrected chi connectivity index (χ0v) is 27.0. The second-order valence-corrected chi connectivity index (χ2v) is 12.1. The molecule has 248 valence electrons. The van der Waals surface area contributed by atoms with Crippen LogP contribution in [-0.4, -0.2) is 70.1 Å². The number of hydrogen-bond acceptors (Lipinski definition) is 6. The van der Waals surface area contributed by atoms with Crippen LogP contribution in [0.3, 0.4) is 0 Å². The maximum Gasteiger partial charge on any atom is 0.303 e. The molecule has 0 spiro atoms. The Morgan fingerprint density at radius 3 is 2.18 bits per heavy atom. The molecule has 0 saturated heterocycles. The molecular weight excluding hydrogens is 578 g/mol. The third-order valence-corrected chi connectivity index (χ3v) is 7.61. The molecule has 2 aromatic rings. The van der Waals surface area contributed by atoms with Crippen molar-refractivity contribution in [2.45, 2.75) is 104 Å². The number of carboxylic acid groups (broad SMARTS) is 1. The molecule has 0 fully saturated rings. The minimum absolute atomic E-state index is 0.0253. The molecule has 4 atom stereocenters. The summed E-state index contributed by atoms with van der Waals surface area (Å²) in [6, 6.07) is 5.06. The molecule has 0 aliphatic rings. The van der Waals surface area contributed by atoms with Gasteiger partial charge in [-0.2, -0.15) is 0 Å². The minimum atomic E-state index is -1.09. The monoisotopic (exact) mass is 627 g/mol. The molecule has 0 aliphatic carbocycles. The number of unbranched alkanes of at least 4 members (excludes halogenated alkanes) is 2. The van der Waals surface area contributed by atoms with Crippen molar-refractivity contribution in [2.75, 3.05) is 6.54 Å². The molecule has 12 heteroatoms. The van der Waals surface area contributed by atoms with Gasteiger partial charge in [-0.3, -0.25) is 28.8 Å². The van der Waals surface area contributed by atoms with E-state index >= 15 is 0 Å². The lowest BCUT2D eigenvalue weighted by Crippen LogP contribution is -2.55. The fourth-order valence-electron chi connectivity index (χ4n) is 5.06. The van der Waals surface area contributed by atoms with Crippen LogP contribution in [0.1, 0.15) is 85.1 Å².